The van der Waals surface area contributed by atoms with E-state index in [2.05, 4.69) is 10.2 Å². The van der Waals surface area contributed by atoms with Crippen molar-refractivity contribution in [2.24, 2.45) is 7.05 Å². The van der Waals surface area contributed by atoms with E-state index in [9.17, 15) is 0 Å². The Morgan fingerprint density at radius 2 is 2.12 bits per heavy atom. The number of hydrogen-bond donors (Lipinski definition) is 0. The summed E-state index contributed by atoms with van der Waals surface area (Å²) in [5, 5.41) is 7.85. The number of aromatic nitrogens is 3. The molecule has 82 valence electrons. The average molecular weight is 217 g/mol. The molecule has 1 aliphatic heterocycles. The first kappa shape index (κ1) is 9.21. The maximum absolute atomic E-state index is 5.81. The molecule has 1 unspecified atom stereocenters. The van der Waals surface area contributed by atoms with Crippen LogP contribution < -0.4 is 9.47 Å². The summed E-state index contributed by atoms with van der Waals surface area (Å²) < 4.78 is 13.3. The van der Waals surface area contributed by atoms with Crippen molar-refractivity contribution in [1.29, 1.82) is 0 Å². The lowest BCUT2D eigenvalue weighted by atomic mass is 10.2. The SMILES string of the molecule is Cn1cnnc1C1COc2ccccc2O1. The van der Waals surface area contributed by atoms with Gasteiger partial charge in [0.05, 0.1) is 0 Å². The standard InChI is InChI=1S/C11H11N3O2/c1-14-7-12-13-11(14)10-6-15-8-4-2-3-5-9(8)16-10/h2-5,7,10H,6H2,1H3. The fourth-order valence-corrected chi connectivity index (χ4v) is 1.73. The minimum atomic E-state index is -0.192. The van der Waals surface area contributed by atoms with Gasteiger partial charge in [-0.05, 0) is 12.1 Å². The molecule has 0 radical (unpaired) electrons. The summed E-state index contributed by atoms with van der Waals surface area (Å²) in [6.45, 7) is 0.462. The van der Waals surface area contributed by atoms with E-state index in [1.54, 1.807) is 6.33 Å². The van der Waals surface area contributed by atoms with Crippen LogP contribution in [-0.4, -0.2) is 21.4 Å². The van der Waals surface area contributed by atoms with Crippen molar-refractivity contribution >= 4 is 0 Å². The Morgan fingerprint density at radius 1 is 1.31 bits per heavy atom. The smallest absolute Gasteiger partial charge is 0.192 e. The Labute approximate surface area is 92.6 Å². The number of benzene rings is 1. The van der Waals surface area contributed by atoms with Crippen LogP contribution in [-0.2, 0) is 7.05 Å². The van der Waals surface area contributed by atoms with Crippen LogP contribution in [0.1, 0.15) is 11.9 Å². The minimum Gasteiger partial charge on any atom is -0.485 e. The molecule has 1 atom stereocenters. The second-order valence-electron chi connectivity index (χ2n) is 3.66. The highest BCUT2D eigenvalue weighted by molar-refractivity contribution is 5.40. The van der Waals surface area contributed by atoms with Crippen LogP contribution >= 0.6 is 0 Å². The number of aryl methyl sites for hydroxylation is 1. The molecule has 0 amide bonds. The topological polar surface area (TPSA) is 49.2 Å². The average Bonchev–Trinajstić information content (AvgIpc) is 2.75. The summed E-state index contributed by atoms with van der Waals surface area (Å²) in [6, 6.07) is 7.62. The molecule has 16 heavy (non-hydrogen) atoms. The van der Waals surface area contributed by atoms with Gasteiger partial charge in [-0.1, -0.05) is 12.1 Å². The maximum Gasteiger partial charge on any atom is 0.192 e. The lowest BCUT2D eigenvalue weighted by Gasteiger charge is -2.25. The zero-order valence-electron chi connectivity index (χ0n) is 8.83. The van der Waals surface area contributed by atoms with Gasteiger partial charge >= 0.3 is 0 Å². The molecule has 2 aromatic rings. The highest BCUT2D eigenvalue weighted by atomic mass is 16.6. The number of rotatable bonds is 1. The van der Waals surface area contributed by atoms with Crippen LogP contribution in [0, 0.1) is 0 Å². The molecule has 1 aromatic heterocycles. The molecule has 1 aromatic carbocycles. The fourth-order valence-electron chi connectivity index (χ4n) is 1.73. The third-order valence-electron chi connectivity index (χ3n) is 2.54. The van der Waals surface area contributed by atoms with E-state index in [1.165, 1.54) is 0 Å². The zero-order valence-corrected chi connectivity index (χ0v) is 8.83. The Balaban J connectivity index is 1.91. The second-order valence-corrected chi connectivity index (χ2v) is 3.66. The number of hydrogen-bond acceptors (Lipinski definition) is 4. The van der Waals surface area contributed by atoms with Gasteiger partial charge < -0.3 is 14.0 Å². The van der Waals surface area contributed by atoms with Crippen molar-refractivity contribution < 1.29 is 9.47 Å². The van der Waals surface area contributed by atoms with Crippen LogP contribution in [0.4, 0.5) is 0 Å². The molecule has 0 saturated carbocycles. The largest absolute Gasteiger partial charge is 0.485 e. The normalized spacial score (nSPS) is 18.4. The lowest BCUT2D eigenvalue weighted by Crippen LogP contribution is -2.24. The molecule has 0 spiro atoms. The summed E-state index contributed by atoms with van der Waals surface area (Å²) in [6.07, 6.45) is 1.46. The number of para-hydroxylation sites is 2. The Hall–Kier alpha value is -2.04. The summed E-state index contributed by atoms with van der Waals surface area (Å²) in [7, 11) is 1.89. The number of nitrogens with zero attached hydrogens (tertiary/aromatic N) is 3. The van der Waals surface area contributed by atoms with Crippen LogP contribution in [0.3, 0.4) is 0 Å². The van der Waals surface area contributed by atoms with E-state index in [0.29, 0.717) is 6.61 Å². The molecule has 0 fully saturated rings. The van der Waals surface area contributed by atoms with E-state index < -0.39 is 0 Å². The van der Waals surface area contributed by atoms with Crippen molar-refractivity contribution in [1.82, 2.24) is 14.8 Å². The van der Waals surface area contributed by atoms with Crippen LogP contribution in [0.25, 0.3) is 0 Å². The molecular weight excluding hydrogens is 206 g/mol. The van der Waals surface area contributed by atoms with E-state index in [0.717, 1.165) is 17.3 Å². The van der Waals surface area contributed by atoms with E-state index >= 15 is 0 Å². The summed E-state index contributed by atoms with van der Waals surface area (Å²) in [5.74, 6) is 2.30. The van der Waals surface area contributed by atoms with Gasteiger partial charge in [-0.2, -0.15) is 0 Å². The van der Waals surface area contributed by atoms with Gasteiger partial charge in [0.15, 0.2) is 23.4 Å². The van der Waals surface area contributed by atoms with Gasteiger partial charge in [-0.25, -0.2) is 0 Å². The first-order chi connectivity index (χ1) is 7.84. The highest BCUT2D eigenvalue weighted by Crippen LogP contribution is 2.34. The van der Waals surface area contributed by atoms with Gasteiger partial charge in [-0.3, -0.25) is 0 Å². The predicted molar refractivity (Wildman–Crippen MR) is 56.3 cm³/mol. The van der Waals surface area contributed by atoms with Gasteiger partial charge in [0.1, 0.15) is 12.9 Å². The molecule has 0 aliphatic carbocycles. The molecule has 3 rings (SSSR count). The summed E-state index contributed by atoms with van der Waals surface area (Å²) >= 11 is 0. The van der Waals surface area contributed by atoms with Crippen molar-refractivity contribution in [2.75, 3.05) is 6.61 Å². The van der Waals surface area contributed by atoms with Gasteiger partial charge in [0, 0.05) is 7.05 Å². The monoisotopic (exact) mass is 217 g/mol. The molecular formula is C11H11N3O2. The van der Waals surface area contributed by atoms with Crippen LogP contribution in [0.2, 0.25) is 0 Å². The Morgan fingerprint density at radius 3 is 2.88 bits per heavy atom. The summed E-state index contributed by atoms with van der Waals surface area (Å²) in [5.41, 5.74) is 0. The van der Waals surface area contributed by atoms with Crippen molar-refractivity contribution in [3.8, 4) is 11.5 Å². The van der Waals surface area contributed by atoms with Crippen molar-refractivity contribution in [2.45, 2.75) is 6.10 Å². The zero-order chi connectivity index (χ0) is 11.0. The Bertz CT molecular complexity index is 509. The maximum atomic E-state index is 5.81. The second kappa shape index (κ2) is 3.52. The van der Waals surface area contributed by atoms with E-state index in [1.807, 2.05) is 35.9 Å². The molecule has 0 N–H and O–H groups in total. The number of fused-ring (bicyclic) bond motifs is 1. The van der Waals surface area contributed by atoms with Crippen molar-refractivity contribution in [3.63, 3.8) is 0 Å². The highest BCUT2D eigenvalue weighted by Gasteiger charge is 2.25. The van der Waals surface area contributed by atoms with Gasteiger partial charge in [0.2, 0.25) is 0 Å². The third kappa shape index (κ3) is 1.41. The molecule has 5 nitrogen and oxygen atoms in total. The molecule has 5 heteroatoms. The summed E-state index contributed by atoms with van der Waals surface area (Å²) in [4.78, 5) is 0. The third-order valence-corrected chi connectivity index (χ3v) is 2.54. The fraction of sp³-hybridized carbons (Fsp3) is 0.273. The lowest BCUT2D eigenvalue weighted by molar-refractivity contribution is 0.0828. The quantitative estimate of drug-likeness (QED) is 0.723. The van der Waals surface area contributed by atoms with Crippen LogP contribution in [0.5, 0.6) is 11.5 Å². The van der Waals surface area contributed by atoms with Crippen LogP contribution in [0.15, 0.2) is 30.6 Å². The van der Waals surface area contributed by atoms with E-state index in [-0.39, 0.29) is 6.10 Å². The molecule has 2 heterocycles. The van der Waals surface area contributed by atoms with E-state index in [4.69, 9.17) is 9.47 Å². The first-order valence-corrected chi connectivity index (χ1v) is 5.07. The molecule has 1 aliphatic rings. The Kier molecular flexibility index (Phi) is 2.02. The number of ether oxygens (including phenoxy) is 2. The predicted octanol–water partition coefficient (Wildman–Crippen LogP) is 1.33. The first-order valence-electron chi connectivity index (χ1n) is 5.07. The van der Waals surface area contributed by atoms with Gasteiger partial charge in [0.25, 0.3) is 0 Å². The minimum absolute atomic E-state index is 0.192. The van der Waals surface area contributed by atoms with Gasteiger partial charge in [-0.15, -0.1) is 10.2 Å². The van der Waals surface area contributed by atoms with Crippen molar-refractivity contribution in [3.05, 3.63) is 36.4 Å². The molecule has 0 bridgehead atoms. The molecule has 0 saturated heterocycles.